The van der Waals surface area contributed by atoms with E-state index < -0.39 is 0 Å². The van der Waals surface area contributed by atoms with E-state index in [0.717, 1.165) is 48.1 Å². The van der Waals surface area contributed by atoms with Crippen LogP contribution < -0.4 is 5.32 Å². The highest BCUT2D eigenvalue weighted by molar-refractivity contribution is 5.93. The van der Waals surface area contributed by atoms with E-state index >= 15 is 0 Å². The number of fused-ring (bicyclic) bond motifs is 1. The number of likely N-dealkylation sites (tertiary alicyclic amines) is 1. The minimum Gasteiger partial charge on any atom is -0.384 e. The maximum atomic E-state index is 12.2. The van der Waals surface area contributed by atoms with E-state index in [0.29, 0.717) is 19.0 Å². The van der Waals surface area contributed by atoms with Crippen molar-refractivity contribution < 1.29 is 9.53 Å². The molecule has 1 aromatic heterocycles. The van der Waals surface area contributed by atoms with Crippen molar-refractivity contribution in [2.45, 2.75) is 25.3 Å². The molecule has 4 rings (SSSR count). The van der Waals surface area contributed by atoms with E-state index in [4.69, 9.17) is 14.7 Å². The summed E-state index contributed by atoms with van der Waals surface area (Å²) in [5.41, 5.74) is 2.94. The van der Waals surface area contributed by atoms with Crippen molar-refractivity contribution >= 4 is 22.8 Å². The lowest BCUT2D eigenvalue weighted by atomic mass is 10.0. The van der Waals surface area contributed by atoms with E-state index in [1.807, 2.05) is 41.3 Å². The highest BCUT2D eigenvalue weighted by Gasteiger charge is 2.23. The van der Waals surface area contributed by atoms with Gasteiger partial charge in [0.2, 0.25) is 11.9 Å². The monoisotopic (exact) mass is 390 g/mol. The smallest absolute Gasteiger partial charge is 0.224 e. The topological polar surface area (TPSA) is 67.3 Å². The van der Waals surface area contributed by atoms with Crippen LogP contribution in [-0.2, 0) is 9.53 Å². The van der Waals surface area contributed by atoms with Gasteiger partial charge in [-0.05, 0) is 18.9 Å². The van der Waals surface area contributed by atoms with Crippen molar-refractivity contribution in [3.63, 3.8) is 0 Å². The first-order chi connectivity index (χ1) is 14.2. The molecule has 1 fully saturated rings. The Kier molecular flexibility index (Phi) is 6.00. The number of hydrogen-bond acceptors (Lipinski definition) is 5. The van der Waals surface area contributed by atoms with Crippen molar-refractivity contribution in [1.29, 1.82) is 0 Å². The average molecular weight is 390 g/mol. The molecule has 0 atom stereocenters. The fourth-order valence-electron chi connectivity index (χ4n) is 3.76. The number of aromatic nitrogens is 2. The first kappa shape index (κ1) is 19.3. The second-order valence-corrected chi connectivity index (χ2v) is 7.32. The van der Waals surface area contributed by atoms with Crippen LogP contribution in [0.25, 0.3) is 22.2 Å². The number of methoxy groups -OCH3 is 1. The molecule has 6 nitrogen and oxygen atoms in total. The number of nitrogens with zero attached hydrogens (tertiary/aromatic N) is 3. The molecule has 0 saturated carbocycles. The molecule has 150 valence electrons. The third kappa shape index (κ3) is 4.54. The predicted molar refractivity (Wildman–Crippen MR) is 115 cm³/mol. The first-order valence-electron chi connectivity index (χ1n) is 10.1. The molecule has 29 heavy (non-hydrogen) atoms. The van der Waals surface area contributed by atoms with Gasteiger partial charge in [-0.15, -0.1) is 0 Å². The number of anilines is 1. The number of carbonyl (C=O) groups is 1. The van der Waals surface area contributed by atoms with Crippen LogP contribution in [0.3, 0.4) is 0 Å². The van der Waals surface area contributed by atoms with Crippen LogP contribution in [0.4, 0.5) is 5.95 Å². The number of carbonyl (C=O) groups excluding carboxylic acids is 1. The second kappa shape index (κ2) is 9.01. The summed E-state index contributed by atoms with van der Waals surface area (Å²) < 4.78 is 5.01. The van der Waals surface area contributed by atoms with E-state index in [-0.39, 0.29) is 11.9 Å². The lowest BCUT2D eigenvalue weighted by molar-refractivity contribution is -0.133. The number of nitrogens with one attached hydrogen (secondary N) is 1. The molecule has 0 spiro atoms. The van der Waals surface area contributed by atoms with Gasteiger partial charge in [0.25, 0.3) is 0 Å². The van der Waals surface area contributed by atoms with Crippen LogP contribution >= 0.6 is 0 Å². The fraction of sp³-hybridized carbons (Fsp3) is 0.348. The Bertz CT molecular complexity index is 969. The minimum absolute atomic E-state index is 0.165. The first-order valence-corrected chi connectivity index (χ1v) is 10.1. The Hall–Kier alpha value is -2.99. The number of piperidine rings is 1. The SMILES string of the molecule is COCCC(=O)N1CCC(Nc2nc(-c3ccccc3)c3ccccc3n2)CC1. The number of rotatable bonds is 6. The van der Waals surface area contributed by atoms with Gasteiger partial charge in [0, 0.05) is 37.2 Å². The van der Waals surface area contributed by atoms with Gasteiger partial charge in [0.1, 0.15) is 0 Å². The van der Waals surface area contributed by atoms with Gasteiger partial charge < -0.3 is 15.0 Å². The predicted octanol–water partition coefficient (Wildman–Crippen LogP) is 3.74. The second-order valence-electron chi connectivity index (χ2n) is 7.32. The molecule has 2 aromatic carbocycles. The van der Waals surface area contributed by atoms with Gasteiger partial charge in [0.05, 0.1) is 24.2 Å². The third-order valence-corrected chi connectivity index (χ3v) is 5.35. The number of amides is 1. The molecule has 0 aliphatic carbocycles. The maximum Gasteiger partial charge on any atom is 0.224 e. The third-order valence-electron chi connectivity index (χ3n) is 5.35. The Labute approximate surface area is 170 Å². The highest BCUT2D eigenvalue weighted by atomic mass is 16.5. The summed E-state index contributed by atoms with van der Waals surface area (Å²) in [4.78, 5) is 23.7. The van der Waals surface area contributed by atoms with Crippen LogP contribution in [0.15, 0.2) is 54.6 Å². The molecule has 1 aliphatic rings. The molecule has 1 aliphatic heterocycles. The lowest BCUT2D eigenvalue weighted by Gasteiger charge is -2.32. The molecule has 0 bridgehead atoms. The average Bonchev–Trinajstić information content (AvgIpc) is 2.78. The van der Waals surface area contributed by atoms with Crippen LogP contribution in [-0.4, -0.2) is 53.6 Å². The molecule has 2 heterocycles. The summed E-state index contributed by atoms with van der Waals surface area (Å²) in [6, 6.07) is 18.5. The van der Waals surface area contributed by atoms with Crippen LogP contribution in [0.2, 0.25) is 0 Å². The van der Waals surface area contributed by atoms with Gasteiger partial charge in [-0.25, -0.2) is 9.97 Å². The van der Waals surface area contributed by atoms with Crippen molar-refractivity contribution in [2.24, 2.45) is 0 Å². The molecular weight excluding hydrogens is 364 g/mol. The quantitative estimate of drug-likeness (QED) is 0.695. The van der Waals surface area contributed by atoms with Crippen molar-refractivity contribution in [3.8, 4) is 11.3 Å². The molecular formula is C23H26N4O2. The normalized spacial score (nSPS) is 14.9. The zero-order valence-corrected chi connectivity index (χ0v) is 16.7. The summed E-state index contributed by atoms with van der Waals surface area (Å²) in [7, 11) is 1.62. The summed E-state index contributed by atoms with van der Waals surface area (Å²) in [5, 5.41) is 4.55. The van der Waals surface area contributed by atoms with Crippen molar-refractivity contribution in [3.05, 3.63) is 54.6 Å². The Balaban J connectivity index is 1.50. The molecule has 1 saturated heterocycles. The number of para-hydroxylation sites is 1. The van der Waals surface area contributed by atoms with E-state index in [1.54, 1.807) is 7.11 Å². The van der Waals surface area contributed by atoms with Crippen molar-refractivity contribution in [1.82, 2.24) is 14.9 Å². The Morgan fingerprint density at radius 3 is 2.55 bits per heavy atom. The van der Waals surface area contributed by atoms with Crippen LogP contribution in [0.1, 0.15) is 19.3 Å². The van der Waals surface area contributed by atoms with Gasteiger partial charge >= 0.3 is 0 Å². The highest BCUT2D eigenvalue weighted by Crippen LogP contribution is 2.27. The Morgan fingerprint density at radius 1 is 1.07 bits per heavy atom. The molecule has 3 aromatic rings. The Morgan fingerprint density at radius 2 is 1.79 bits per heavy atom. The lowest BCUT2D eigenvalue weighted by Crippen LogP contribution is -2.42. The van der Waals surface area contributed by atoms with Crippen LogP contribution in [0, 0.1) is 0 Å². The maximum absolute atomic E-state index is 12.2. The minimum atomic E-state index is 0.165. The largest absolute Gasteiger partial charge is 0.384 e. The summed E-state index contributed by atoms with van der Waals surface area (Å²) in [6.45, 7) is 1.98. The van der Waals surface area contributed by atoms with Gasteiger partial charge in [-0.1, -0.05) is 48.5 Å². The van der Waals surface area contributed by atoms with Gasteiger partial charge in [-0.3, -0.25) is 4.79 Å². The summed E-state index contributed by atoms with van der Waals surface area (Å²) in [6.07, 6.45) is 2.22. The molecule has 1 N–H and O–H groups in total. The zero-order chi connectivity index (χ0) is 20.1. The number of ether oxygens (including phenoxy) is 1. The summed E-state index contributed by atoms with van der Waals surface area (Å²) >= 11 is 0. The van der Waals surface area contributed by atoms with E-state index in [2.05, 4.69) is 23.5 Å². The molecule has 0 radical (unpaired) electrons. The molecule has 1 amide bonds. The fourth-order valence-corrected chi connectivity index (χ4v) is 3.76. The van der Waals surface area contributed by atoms with E-state index in [1.165, 1.54) is 0 Å². The molecule has 6 heteroatoms. The van der Waals surface area contributed by atoms with Crippen LogP contribution in [0.5, 0.6) is 0 Å². The summed E-state index contributed by atoms with van der Waals surface area (Å²) in [5.74, 6) is 0.810. The number of hydrogen-bond donors (Lipinski definition) is 1. The zero-order valence-electron chi connectivity index (χ0n) is 16.7. The van der Waals surface area contributed by atoms with Gasteiger partial charge in [-0.2, -0.15) is 0 Å². The molecule has 0 unspecified atom stereocenters. The van der Waals surface area contributed by atoms with E-state index in [9.17, 15) is 4.79 Å². The van der Waals surface area contributed by atoms with Gasteiger partial charge in [0.15, 0.2) is 0 Å². The standard InChI is InChI=1S/C23H26N4O2/c1-29-16-13-21(28)27-14-11-18(12-15-27)24-23-25-20-10-6-5-9-19(20)22(26-23)17-7-3-2-4-8-17/h2-10,18H,11-16H2,1H3,(H,24,25,26). The van der Waals surface area contributed by atoms with Crippen molar-refractivity contribution in [2.75, 3.05) is 32.1 Å². The number of benzene rings is 2.